The molecule has 0 unspecified atom stereocenters. The average Bonchev–Trinajstić information content (AvgIpc) is 2.57. The summed E-state index contributed by atoms with van der Waals surface area (Å²) in [4.78, 5) is 12.3. The molecule has 1 N–H and O–H groups in total. The zero-order valence-electron chi connectivity index (χ0n) is 14.4. The molecule has 0 saturated carbocycles. The Bertz CT molecular complexity index is 878. The molecule has 0 aromatic heterocycles. The van der Waals surface area contributed by atoms with Crippen LogP contribution in [-0.2, 0) is 10.0 Å². The van der Waals surface area contributed by atoms with Gasteiger partial charge in [0, 0.05) is 18.8 Å². The Balaban J connectivity index is 2.37. The summed E-state index contributed by atoms with van der Waals surface area (Å²) < 4.78 is 40.5. The van der Waals surface area contributed by atoms with Gasteiger partial charge >= 0.3 is 0 Å². The minimum Gasteiger partial charge on any atom is -0.322 e. The van der Waals surface area contributed by atoms with Crippen LogP contribution in [0.5, 0.6) is 0 Å². The number of benzene rings is 2. The van der Waals surface area contributed by atoms with Gasteiger partial charge in [0.1, 0.15) is 5.82 Å². The lowest BCUT2D eigenvalue weighted by atomic mass is 10.2. The molecule has 2 rings (SSSR count). The number of hydrogen-bond acceptors (Lipinski definition) is 3. The molecule has 0 atom stereocenters. The van der Waals surface area contributed by atoms with Crippen molar-refractivity contribution in [2.45, 2.75) is 25.7 Å². The summed E-state index contributed by atoms with van der Waals surface area (Å²) in [6.45, 7) is 5.92. The van der Waals surface area contributed by atoms with Crippen LogP contribution < -0.4 is 5.32 Å². The van der Waals surface area contributed by atoms with E-state index >= 15 is 0 Å². The van der Waals surface area contributed by atoms with Gasteiger partial charge in [-0.15, -0.1) is 0 Å². The molecule has 7 heteroatoms. The van der Waals surface area contributed by atoms with Crippen molar-refractivity contribution in [3.63, 3.8) is 0 Å². The number of amides is 1. The monoisotopic (exact) mass is 364 g/mol. The lowest BCUT2D eigenvalue weighted by Crippen LogP contribution is -2.31. The molecule has 0 saturated heterocycles. The van der Waals surface area contributed by atoms with Crippen LogP contribution in [0.1, 0.15) is 29.8 Å². The Kier molecular flexibility index (Phi) is 5.92. The number of carbonyl (C=O) groups excluding carboxylic acids is 1. The second-order valence-electron chi connectivity index (χ2n) is 5.50. The summed E-state index contributed by atoms with van der Waals surface area (Å²) in [6.07, 6.45) is 0. The van der Waals surface area contributed by atoms with Crippen molar-refractivity contribution in [2.75, 3.05) is 18.4 Å². The van der Waals surface area contributed by atoms with E-state index < -0.39 is 21.7 Å². The number of anilines is 1. The molecule has 2 aromatic carbocycles. The summed E-state index contributed by atoms with van der Waals surface area (Å²) in [5, 5.41) is 2.55. The third-order valence-electron chi connectivity index (χ3n) is 3.89. The summed E-state index contributed by atoms with van der Waals surface area (Å²) in [5.74, 6) is -1.27. The first kappa shape index (κ1) is 19.1. The van der Waals surface area contributed by atoms with Crippen molar-refractivity contribution in [2.24, 2.45) is 0 Å². The molecule has 0 aliphatic rings. The number of halogens is 1. The van der Waals surface area contributed by atoms with E-state index in [4.69, 9.17) is 0 Å². The van der Waals surface area contributed by atoms with E-state index in [0.29, 0.717) is 24.3 Å². The molecule has 0 aliphatic carbocycles. The Morgan fingerprint density at radius 1 is 1.12 bits per heavy atom. The summed E-state index contributed by atoms with van der Waals surface area (Å²) in [6, 6.07) is 10.2. The van der Waals surface area contributed by atoms with Crippen LogP contribution in [0.15, 0.2) is 47.4 Å². The van der Waals surface area contributed by atoms with E-state index in [-0.39, 0.29) is 10.5 Å². The first-order valence-corrected chi connectivity index (χ1v) is 9.42. The number of carbonyl (C=O) groups is 1. The molecule has 2 aromatic rings. The normalized spacial score (nSPS) is 11.6. The Labute approximate surface area is 147 Å². The Morgan fingerprint density at radius 2 is 1.76 bits per heavy atom. The van der Waals surface area contributed by atoms with Gasteiger partial charge in [-0.2, -0.15) is 4.31 Å². The van der Waals surface area contributed by atoms with E-state index in [1.165, 1.54) is 28.6 Å². The smallest absolute Gasteiger partial charge is 0.258 e. The van der Waals surface area contributed by atoms with Gasteiger partial charge < -0.3 is 5.32 Å². The van der Waals surface area contributed by atoms with Crippen LogP contribution in [0.3, 0.4) is 0 Å². The fourth-order valence-corrected chi connectivity index (χ4v) is 4.21. The quantitative estimate of drug-likeness (QED) is 0.854. The Morgan fingerprint density at radius 3 is 2.36 bits per heavy atom. The highest BCUT2D eigenvalue weighted by molar-refractivity contribution is 7.89. The second-order valence-corrected chi connectivity index (χ2v) is 7.41. The summed E-state index contributed by atoms with van der Waals surface area (Å²) in [7, 11) is -3.66. The molecular formula is C18H21FN2O3S. The van der Waals surface area contributed by atoms with E-state index in [9.17, 15) is 17.6 Å². The molecular weight excluding hydrogens is 343 g/mol. The lowest BCUT2D eigenvalue weighted by molar-refractivity contribution is 0.102. The van der Waals surface area contributed by atoms with E-state index in [0.717, 1.165) is 0 Å². The van der Waals surface area contributed by atoms with Gasteiger partial charge in [0.05, 0.1) is 10.5 Å². The molecule has 25 heavy (non-hydrogen) atoms. The summed E-state index contributed by atoms with van der Waals surface area (Å²) >= 11 is 0. The fourth-order valence-electron chi connectivity index (χ4n) is 2.50. The van der Waals surface area contributed by atoms with Gasteiger partial charge in [-0.05, 0) is 36.8 Å². The highest BCUT2D eigenvalue weighted by atomic mass is 32.2. The van der Waals surface area contributed by atoms with Crippen LogP contribution in [-0.4, -0.2) is 31.7 Å². The molecule has 5 nitrogen and oxygen atoms in total. The van der Waals surface area contributed by atoms with Gasteiger partial charge in [-0.25, -0.2) is 12.8 Å². The molecule has 0 fully saturated rings. The largest absolute Gasteiger partial charge is 0.322 e. The highest BCUT2D eigenvalue weighted by Crippen LogP contribution is 2.24. The van der Waals surface area contributed by atoms with Gasteiger partial charge in [0.15, 0.2) is 0 Å². The number of nitrogens with zero attached hydrogens (tertiary/aromatic N) is 1. The van der Waals surface area contributed by atoms with Crippen LogP contribution in [0, 0.1) is 12.7 Å². The highest BCUT2D eigenvalue weighted by Gasteiger charge is 2.24. The molecule has 134 valence electrons. The minimum absolute atomic E-state index is 0.101. The summed E-state index contributed by atoms with van der Waals surface area (Å²) in [5.41, 5.74) is 0.775. The number of hydrogen-bond donors (Lipinski definition) is 1. The van der Waals surface area contributed by atoms with Crippen LogP contribution >= 0.6 is 0 Å². The maximum atomic E-state index is 13.7. The third kappa shape index (κ3) is 4.05. The first-order valence-electron chi connectivity index (χ1n) is 7.98. The molecule has 1 amide bonds. The maximum Gasteiger partial charge on any atom is 0.258 e. The number of rotatable bonds is 6. The SMILES string of the molecule is CCN(CC)S(=O)(=O)c1cc(NC(=O)c2ccccc2F)ccc1C. The second kappa shape index (κ2) is 7.76. The third-order valence-corrected chi connectivity index (χ3v) is 6.08. The zero-order valence-corrected chi connectivity index (χ0v) is 15.2. The molecule has 0 spiro atoms. The van der Waals surface area contributed by atoms with E-state index in [1.807, 2.05) is 0 Å². The van der Waals surface area contributed by atoms with Crippen molar-refractivity contribution in [3.8, 4) is 0 Å². The Hall–Kier alpha value is -2.25. The van der Waals surface area contributed by atoms with Crippen LogP contribution in [0.4, 0.5) is 10.1 Å². The predicted octanol–water partition coefficient (Wildman–Crippen LogP) is 3.42. The van der Waals surface area contributed by atoms with Crippen molar-refractivity contribution in [1.29, 1.82) is 0 Å². The van der Waals surface area contributed by atoms with Crippen LogP contribution in [0.2, 0.25) is 0 Å². The van der Waals surface area contributed by atoms with Gasteiger partial charge in [-0.3, -0.25) is 4.79 Å². The van der Waals surface area contributed by atoms with Crippen molar-refractivity contribution in [1.82, 2.24) is 4.31 Å². The van der Waals surface area contributed by atoms with Crippen molar-refractivity contribution < 1.29 is 17.6 Å². The number of aryl methyl sites for hydroxylation is 1. The molecule has 0 radical (unpaired) electrons. The van der Waals surface area contributed by atoms with E-state index in [2.05, 4.69) is 5.32 Å². The predicted molar refractivity (Wildman–Crippen MR) is 95.6 cm³/mol. The van der Waals surface area contributed by atoms with Crippen LogP contribution in [0.25, 0.3) is 0 Å². The standard InChI is InChI=1S/C18H21FN2O3S/c1-4-21(5-2)25(23,24)17-12-14(11-10-13(17)3)20-18(22)15-8-6-7-9-16(15)19/h6-12H,4-5H2,1-3H3,(H,20,22). The van der Waals surface area contributed by atoms with Crippen molar-refractivity contribution in [3.05, 3.63) is 59.4 Å². The number of nitrogens with one attached hydrogen (secondary N) is 1. The topological polar surface area (TPSA) is 66.5 Å². The number of sulfonamides is 1. The van der Waals surface area contributed by atoms with Gasteiger partial charge in [-0.1, -0.05) is 32.0 Å². The van der Waals surface area contributed by atoms with Gasteiger partial charge in [0.25, 0.3) is 5.91 Å². The van der Waals surface area contributed by atoms with E-state index in [1.54, 1.807) is 39.0 Å². The van der Waals surface area contributed by atoms with Gasteiger partial charge in [0.2, 0.25) is 10.0 Å². The molecule has 0 bridgehead atoms. The maximum absolute atomic E-state index is 13.7. The first-order chi connectivity index (χ1) is 11.8. The zero-order chi connectivity index (χ0) is 18.6. The minimum atomic E-state index is -3.66. The lowest BCUT2D eigenvalue weighted by Gasteiger charge is -2.20. The fraction of sp³-hybridized carbons (Fsp3) is 0.278. The molecule has 0 heterocycles. The average molecular weight is 364 g/mol. The van der Waals surface area contributed by atoms with Crippen molar-refractivity contribution >= 4 is 21.6 Å². The molecule has 0 aliphatic heterocycles.